The highest BCUT2D eigenvalue weighted by Crippen LogP contribution is 2.32. The zero-order valence-corrected chi connectivity index (χ0v) is 11.9. The number of hydrogen-bond donors (Lipinski definition) is 1. The lowest BCUT2D eigenvalue weighted by atomic mass is 9.83. The van der Waals surface area contributed by atoms with Gasteiger partial charge in [-0.05, 0) is 23.6 Å². The van der Waals surface area contributed by atoms with Gasteiger partial charge in [0.15, 0.2) is 0 Å². The second-order valence-corrected chi connectivity index (χ2v) is 5.67. The third-order valence-electron chi connectivity index (χ3n) is 3.83. The number of ether oxygens (including phenoxy) is 1. The van der Waals surface area contributed by atoms with Crippen molar-refractivity contribution in [3.05, 3.63) is 29.3 Å². The van der Waals surface area contributed by atoms with Crippen molar-refractivity contribution >= 4 is 11.6 Å². The van der Waals surface area contributed by atoms with Crippen LogP contribution in [0.2, 0.25) is 0 Å². The summed E-state index contributed by atoms with van der Waals surface area (Å²) in [5.74, 6) is 0.125. The van der Waals surface area contributed by atoms with Gasteiger partial charge in [-0.15, -0.1) is 0 Å². The predicted molar refractivity (Wildman–Crippen MR) is 76.2 cm³/mol. The molecule has 4 nitrogen and oxygen atoms in total. The van der Waals surface area contributed by atoms with Crippen molar-refractivity contribution in [2.24, 2.45) is 5.73 Å². The minimum Gasteiger partial charge on any atom is -0.364 e. The summed E-state index contributed by atoms with van der Waals surface area (Å²) < 4.78 is 5.11. The monoisotopic (exact) mass is 262 g/mol. The van der Waals surface area contributed by atoms with Crippen LogP contribution in [0, 0.1) is 0 Å². The molecular formula is C15H22N2O2. The van der Waals surface area contributed by atoms with Crippen LogP contribution in [-0.2, 0) is 21.4 Å². The van der Waals surface area contributed by atoms with E-state index in [-0.39, 0.29) is 11.3 Å². The van der Waals surface area contributed by atoms with Crippen LogP contribution in [0.3, 0.4) is 0 Å². The summed E-state index contributed by atoms with van der Waals surface area (Å²) in [6, 6.07) is 6.25. The van der Waals surface area contributed by atoms with E-state index in [1.807, 2.05) is 6.07 Å². The number of nitrogens with two attached hydrogens (primary N) is 1. The Hall–Kier alpha value is -1.39. The maximum atomic E-state index is 11.9. The molecule has 1 aliphatic rings. The smallest absolute Gasteiger partial charge is 0.229 e. The first-order valence-corrected chi connectivity index (χ1v) is 6.62. The number of benzene rings is 1. The van der Waals surface area contributed by atoms with E-state index in [0.29, 0.717) is 19.7 Å². The van der Waals surface area contributed by atoms with Crippen molar-refractivity contribution in [2.45, 2.75) is 32.1 Å². The molecule has 19 heavy (non-hydrogen) atoms. The quantitative estimate of drug-likeness (QED) is 0.900. The SMILES string of the molecule is COCN1C(=O)CCc2cc(C(C)(C)CN)ccc21. The number of fused-ring (bicyclic) bond motifs is 1. The van der Waals surface area contributed by atoms with E-state index in [4.69, 9.17) is 10.5 Å². The Kier molecular flexibility index (Phi) is 3.92. The Balaban J connectivity index is 2.39. The van der Waals surface area contributed by atoms with Gasteiger partial charge >= 0.3 is 0 Å². The van der Waals surface area contributed by atoms with Gasteiger partial charge in [-0.3, -0.25) is 9.69 Å². The topological polar surface area (TPSA) is 55.6 Å². The van der Waals surface area contributed by atoms with Crippen molar-refractivity contribution in [3.63, 3.8) is 0 Å². The molecule has 2 N–H and O–H groups in total. The summed E-state index contributed by atoms with van der Waals surface area (Å²) in [5, 5.41) is 0. The highest BCUT2D eigenvalue weighted by molar-refractivity contribution is 5.96. The number of hydrogen-bond acceptors (Lipinski definition) is 3. The van der Waals surface area contributed by atoms with Gasteiger partial charge in [-0.2, -0.15) is 0 Å². The van der Waals surface area contributed by atoms with Crippen LogP contribution in [0.5, 0.6) is 0 Å². The van der Waals surface area contributed by atoms with E-state index in [9.17, 15) is 4.79 Å². The Bertz CT molecular complexity index is 483. The Morgan fingerprint density at radius 3 is 2.74 bits per heavy atom. The fraction of sp³-hybridized carbons (Fsp3) is 0.533. The van der Waals surface area contributed by atoms with Gasteiger partial charge in [0.2, 0.25) is 5.91 Å². The minimum atomic E-state index is -0.0391. The van der Waals surface area contributed by atoms with Crippen LogP contribution in [0.25, 0.3) is 0 Å². The Labute approximate surface area is 114 Å². The minimum absolute atomic E-state index is 0.0391. The molecule has 1 heterocycles. The Morgan fingerprint density at radius 2 is 2.11 bits per heavy atom. The second kappa shape index (κ2) is 5.31. The van der Waals surface area contributed by atoms with Gasteiger partial charge < -0.3 is 10.5 Å². The molecule has 0 saturated carbocycles. The summed E-state index contributed by atoms with van der Waals surface area (Å²) in [5.41, 5.74) is 9.18. The molecule has 1 amide bonds. The normalized spacial score (nSPS) is 15.6. The van der Waals surface area contributed by atoms with E-state index < -0.39 is 0 Å². The largest absolute Gasteiger partial charge is 0.364 e. The molecule has 0 bridgehead atoms. The van der Waals surface area contributed by atoms with Gasteiger partial charge in [-0.25, -0.2) is 0 Å². The van der Waals surface area contributed by atoms with Gasteiger partial charge in [0, 0.05) is 31.2 Å². The van der Waals surface area contributed by atoms with Gasteiger partial charge in [0.1, 0.15) is 6.73 Å². The second-order valence-electron chi connectivity index (χ2n) is 5.67. The number of rotatable bonds is 4. The van der Waals surface area contributed by atoms with Gasteiger partial charge in [0.05, 0.1) is 0 Å². The van der Waals surface area contributed by atoms with Crippen LogP contribution in [0.4, 0.5) is 5.69 Å². The molecular weight excluding hydrogens is 240 g/mol. The molecule has 2 rings (SSSR count). The lowest BCUT2D eigenvalue weighted by Gasteiger charge is -2.31. The van der Waals surface area contributed by atoms with Crippen LogP contribution in [0.15, 0.2) is 18.2 Å². The first kappa shape index (κ1) is 14.0. The number of aryl methyl sites for hydroxylation is 1. The van der Waals surface area contributed by atoms with Crippen molar-refractivity contribution in [3.8, 4) is 0 Å². The molecule has 0 atom stereocenters. The number of anilines is 1. The van der Waals surface area contributed by atoms with Gasteiger partial charge in [-0.1, -0.05) is 26.0 Å². The summed E-state index contributed by atoms with van der Waals surface area (Å²) in [6.07, 6.45) is 1.34. The van der Waals surface area contributed by atoms with Gasteiger partial charge in [0.25, 0.3) is 0 Å². The van der Waals surface area contributed by atoms with E-state index in [0.717, 1.165) is 12.1 Å². The van der Waals surface area contributed by atoms with Crippen molar-refractivity contribution in [2.75, 3.05) is 25.3 Å². The molecule has 4 heteroatoms. The van der Waals surface area contributed by atoms with Crippen molar-refractivity contribution in [1.29, 1.82) is 0 Å². The molecule has 1 aromatic carbocycles. The molecule has 0 unspecified atom stereocenters. The fourth-order valence-electron chi connectivity index (χ4n) is 2.37. The van der Waals surface area contributed by atoms with E-state index >= 15 is 0 Å². The highest BCUT2D eigenvalue weighted by atomic mass is 16.5. The fourth-order valence-corrected chi connectivity index (χ4v) is 2.37. The summed E-state index contributed by atoms with van der Waals surface area (Å²) >= 11 is 0. The van der Waals surface area contributed by atoms with Crippen LogP contribution in [-0.4, -0.2) is 26.3 Å². The number of nitrogens with zero attached hydrogens (tertiary/aromatic N) is 1. The molecule has 1 aliphatic heterocycles. The average Bonchev–Trinajstić information content (AvgIpc) is 2.41. The summed E-state index contributed by atoms with van der Waals surface area (Å²) in [4.78, 5) is 13.6. The number of carbonyl (C=O) groups excluding carboxylic acids is 1. The lowest BCUT2D eigenvalue weighted by molar-refractivity contribution is -0.119. The van der Waals surface area contributed by atoms with Crippen LogP contribution in [0.1, 0.15) is 31.4 Å². The molecule has 0 radical (unpaired) electrons. The highest BCUT2D eigenvalue weighted by Gasteiger charge is 2.26. The number of methoxy groups -OCH3 is 1. The lowest BCUT2D eigenvalue weighted by Crippen LogP contribution is -2.37. The zero-order valence-electron chi connectivity index (χ0n) is 11.9. The molecule has 0 fully saturated rings. The molecule has 0 aliphatic carbocycles. The number of carbonyl (C=O) groups is 1. The molecule has 1 aromatic rings. The van der Waals surface area contributed by atoms with Crippen molar-refractivity contribution < 1.29 is 9.53 Å². The maximum absolute atomic E-state index is 11.9. The summed E-state index contributed by atoms with van der Waals surface area (Å²) in [7, 11) is 1.60. The summed E-state index contributed by atoms with van der Waals surface area (Å²) in [6.45, 7) is 5.18. The zero-order chi connectivity index (χ0) is 14.0. The molecule has 0 aromatic heterocycles. The standard InChI is InChI=1S/C15H22N2O2/c1-15(2,9-16)12-5-6-13-11(8-12)4-7-14(18)17(13)10-19-3/h5-6,8H,4,7,9-10,16H2,1-3H3. The Morgan fingerprint density at radius 1 is 1.37 bits per heavy atom. The van der Waals surface area contributed by atoms with Crippen molar-refractivity contribution in [1.82, 2.24) is 0 Å². The predicted octanol–water partition coefficient (Wildman–Crippen LogP) is 1.81. The third kappa shape index (κ3) is 2.65. The van der Waals surface area contributed by atoms with E-state index in [1.54, 1.807) is 12.0 Å². The van der Waals surface area contributed by atoms with E-state index in [1.165, 1.54) is 11.1 Å². The van der Waals surface area contributed by atoms with Crippen LogP contribution < -0.4 is 10.6 Å². The maximum Gasteiger partial charge on any atom is 0.229 e. The third-order valence-corrected chi connectivity index (χ3v) is 3.83. The van der Waals surface area contributed by atoms with E-state index in [2.05, 4.69) is 26.0 Å². The molecule has 0 saturated heterocycles. The number of amides is 1. The molecule has 0 spiro atoms. The average molecular weight is 262 g/mol. The molecule has 104 valence electrons. The first-order chi connectivity index (χ1) is 8.99. The van der Waals surface area contributed by atoms with Crippen LogP contribution >= 0.6 is 0 Å². The first-order valence-electron chi connectivity index (χ1n) is 6.62.